The summed E-state index contributed by atoms with van der Waals surface area (Å²) in [5.74, 6) is 1.46. The van der Waals surface area contributed by atoms with Gasteiger partial charge in [-0.1, -0.05) is 20.8 Å². The summed E-state index contributed by atoms with van der Waals surface area (Å²) in [7, 11) is 0. The van der Waals surface area contributed by atoms with Crippen LogP contribution in [0.25, 0.3) is 0 Å². The van der Waals surface area contributed by atoms with E-state index < -0.39 is 0 Å². The van der Waals surface area contributed by atoms with Crippen LogP contribution in [0.4, 0.5) is 0 Å². The van der Waals surface area contributed by atoms with Crippen molar-refractivity contribution in [3.63, 3.8) is 0 Å². The van der Waals surface area contributed by atoms with E-state index >= 15 is 0 Å². The molecule has 3 N–H and O–H groups in total. The number of carbonyl (C=O) groups excluding carboxylic acids is 1. The molecule has 1 saturated carbocycles. The molecule has 4 heteroatoms. The van der Waals surface area contributed by atoms with E-state index in [1.54, 1.807) is 0 Å². The van der Waals surface area contributed by atoms with E-state index in [-0.39, 0.29) is 17.9 Å². The zero-order chi connectivity index (χ0) is 14.3. The third-order valence-electron chi connectivity index (χ3n) is 4.01. The van der Waals surface area contributed by atoms with Crippen molar-refractivity contribution in [2.24, 2.45) is 23.5 Å². The van der Waals surface area contributed by atoms with E-state index in [1.807, 2.05) is 0 Å². The van der Waals surface area contributed by atoms with Crippen molar-refractivity contribution < 1.29 is 9.53 Å². The maximum Gasteiger partial charge on any atom is 0.223 e. The summed E-state index contributed by atoms with van der Waals surface area (Å²) in [6, 6.07) is 0.173. The van der Waals surface area contributed by atoms with Crippen molar-refractivity contribution in [2.75, 3.05) is 19.8 Å². The average Bonchev–Trinajstić information content (AvgIpc) is 2.36. The molecule has 0 aliphatic heterocycles. The number of rotatable bonds is 7. The molecule has 0 aromatic rings. The van der Waals surface area contributed by atoms with Crippen LogP contribution in [-0.2, 0) is 9.53 Å². The minimum Gasteiger partial charge on any atom is -0.380 e. The molecule has 0 spiro atoms. The van der Waals surface area contributed by atoms with Crippen LogP contribution in [0.1, 0.15) is 46.5 Å². The van der Waals surface area contributed by atoms with Crippen molar-refractivity contribution in [1.29, 1.82) is 0 Å². The molecular weight excluding hydrogens is 240 g/mol. The second kappa shape index (κ2) is 8.54. The lowest BCUT2D eigenvalue weighted by atomic mass is 9.79. The molecule has 1 aliphatic carbocycles. The highest BCUT2D eigenvalue weighted by Gasteiger charge is 2.29. The lowest BCUT2D eigenvalue weighted by Crippen LogP contribution is -2.42. The Labute approximate surface area is 117 Å². The van der Waals surface area contributed by atoms with E-state index in [0.717, 1.165) is 32.3 Å². The van der Waals surface area contributed by atoms with E-state index in [0.29, 0.717) is 25.0 Å². The summed E-state index contributed by atoms with van der Waals surface area (Å²) >= 11 is 0. The lowest BCUT2D eigenvalue weighted by molar-refractivity contribution is -0.126. The summed E-state index contributed by atoms with van der Waals surface area (Å²) in [4.78, 5) is 12.0. The Bertz CT molecular complexity index is 269. The molecule has 0 heterocycles. The van der Waals surface area contributed by atoms with Gasteiger partial charge >= 0.3 is 0 Å². The highest BCUT2D eigenvalue weighted by molar-refractivity contribution is 5.78. The molecule has 3 unspecified atom stereocenters. The minimum absolute atomic E-state index is 0.0989. The van der Waals surface area contributed by atoms with Crippen LogP contribution in [0.15, 0.2) is 0 Å². The molecule has 4 nitrogen and oxygen atoms in total. The third-order valence-corrected chi connectivity index (χ3v) is 4.01. The van der Waals surface area contributed by atoms with Gasteiger partial charge in [-0.05, 0) is 37.5 Å². The van der Waals surface area contributed by atoms with Crippen LogP contribution in [0.2, 0.25) is 0 Å². The molecule has 19 heavy (non-hydrogen) atoms. The summed E-state index contributed by atoms with van der Waals surface area (Å²) in [6.45, 7) is 8.52. The number of amides is 1. The van der Waals surface area contributed by atoms with E-state index in [1.165, 1.54) is 0 Å². The second-order valence-corrected chi connectivity index (χ2v) is 6.24. The van der Waals surface area contributed by atoms with Gasteiger partial charge in [0, 0.05) is 25.1 Å². The zero-order valence-electron chi connectivity index (χ0n) is 12.7. The van der Waals surface area contributed by atoms with Gasteiger partial charge in [0.2, 0.25) is 5.91 Å². The first-order chi connectivity index (χ1) is 9.00. The largest absolute Gasteiger partial charge is 0.380 e. The zero-order valence-corrected chi connectivity index (χ0v) is 12.7. The Kier molecular flexibility index (Phi) is 7.39. The number of hydrogen-bond acceptors (Lipinski definition) is 3. The molecule has 1 aliphatic rings. The molecule has 0 bridgehead atoms. The first kappa shape index (κ1) is 16.4. The number of nitrogens with two attached hydrogens (primary N) is 1. The molecule has 0 saturated heterocycles. The van der Waals surface area contributed by atoms with Crippen LogP contribution in [0.3, 0.4) is 0 Å². The molecule has 0 aromatic carbocycles. The van der Waals surface area contributed by atoms with Gasteiger partial charge in [0.05, 0.1) is 6.61 Å². The molecule has 112 valence electrons. The molecule has 0 radical (unpaired) electrons. The van der Waals surface area contributed by atoms with Gasteiger partial charge in [-0.15, -0.1) is 0 Å². The monoisotopic (exact) mass is 270 g/mol. The Morgan fingerprint density at radius 1 is 1.37 bits per heavy atom. The normalized spacial score (nSPS) is 27.5. The molecule has 3 atom stereocenters. The van der Waals surface area contributed by atoms with Crippen LogP contribution < -0.4 is 11.1 Å². The fourth-order valence-corrected chi connectivity index (χ4v) is 2.41. The standard InChI is InChI=1S/C15H30N2O2/c1-11(2)6-8-19-9-7-17-15(18)13-5-4-12(3)14(16)10-13/h11-14H,4-10,16H2,1-3H3,(H,17,18). The van der Waals surface area contributed by atoms with Crippen LogP contribution >= 0.6 is 0 Å². The van der Waals surface area contributed by atoms with Gasteiger partial charge in [-0.25, -0.2) is 0 Å². The van der Waals surface area contributed by atoms with Gasteiger partial charge in [0.1, 0.15) is 0 Å². The topological polar surface area (TPSA) is 64.3 Å². The van der Waals surface area contributed by atoms with Crippen LogP contribution in [0, 0.1) is 17.8 Å². The van der Waals surface area contributed by atoms with Crippen molar-refractivity contribution >= 4 is 5.91 Å². The maximum absolute atomic E-state index is 12.0. The van der Waals surface area contributed by atoms with Crippen molar-refractivity contribution in [1.82, 2.24) is 5.32 Å². The van der Waals surface area contributed by atoms with Gasteiger partial charge in [0.25, 0.3) is 0 Å². The second-order valence-electron chi connectivity index (χ2n) is 6.24. The fourth-order valence-electron chi connectivity index (χ4n) is 2.41. The summed E-state index contributed by atoms with van der Waals surface area (Å²) < 4.78 is 5.48. The van der Waals surface area contributed by atoms with Crippen molar-refractivity contribution in [3.8, 4) is 0 Å². The Balaban J connectivity index is 2.08. The van der Waals surface area contributed by atoms with Gasteiger partial charge in [-0.2, -0.15) is 0 Å². The van der Waals surface area contributed by atoms with E-state index in [9.17, 15) is 4.79 Å². The SMILES string of the molecule is CC(C)CCOCCNC(=O)C1CCC(C)C(N)C1. The van der Waals surface area contributed by atoms with Gasteiger partial charge in [-0.3, -0.25) is 4.79 Å². The molecule has 0 aromatic heterocycles. The first-order valence-corrected chi connectivity index (χ1v) is 7.61. The minimum atomic E-state index is 0.0989. The summed E-state index contributed by atoms with van der Waals surface area (Å²) in [5.41, 5.74) is 6.02. The number of ether oxygens (including phenoxy) is 1. The highest BCUT2D eigenvalue weighted by atomic mass is 16.5. The van der Waals surface area contributed by atoms with Crippen LogP contribution in [-0.4, -0.2) is 31.7 Å². The van der Waals surface area contributed by atoms with Crippen molar-refractivity contribution in [3.05, 3.63) is 0 Å². The van der Waals surface area contributed by atoms with E-state index in [2.05, 4.69) is 26.1 Å². The molecule has 1 rings (SSSR count). The Morgan fingerprint density at radius 2 is 2.11 bits per heavy atom. The lowest BCUT2D eigenvalue weighted by Gasteiger charge is -2.31. The highest BCUT2D eigenvalue weighted by Crippen LogP contribution is 2.27. The quantitative estimate of drug-likeness (QED) is 0.695. The van der Waals surface area contributed by atoms with E-state index in [4.69, 9.17) is 10.5 Å². The first-order valence-electron chi connectivity index (χ1n) is 7.61. The Hall–Kier alpha value is -0.610. The summed E-state index contributed by atoms with van der Waals surface area (Å²) in [5, 5.41) is 2.96. The molecular formula is C15H30N2O2. The van der Waals surface area contributed by atoms with Crippen LogP contribution in [0.5, 0.6) is 0 Å². The predicted octanol–water partition coefficient (Wildman–Crippen LogP) is 1.93. The number of carbonyl (C=O) groups is 1. The molecule has 1 fully saturated rings. The third kappa shape index (κ3) is 6.39. The van der Waals surface area contributed by atoms with Gasteiger partial charge < -0.3 is 15.8 Å². The van der Waals surface area contributed by atoms with Gasteiger partial charge in [0.15, 0.2) is 0 Å². The van der Waals surface area contributed by atoms with Crippen molar-refractivity contribution in [2.45, 2.75) is 52.5 Å². The maximum atomic E-state index is 12.0. The molecule has 1 amide bonds. The Morgan fingerprint density at radius 3 is 2.74 bits per heavy atom. The fraction of sp³-hybridized carbons (Fsp3) is 0.933. The average molecular weight is 270 g/mol. The summed E-state index contributed by atoms with van der Waals surface area (Å²) in [6.07, 6.45) is 3.92. The number of hydrogen-bond donors (Lipinski definition) is 2. The smallest absolute Gasteiger partial charge is 0.223 e. The number of nitrogens with one attached hydrogen (secondary N) is 1. The predicted molar refractivity (Wildman–Crippen MR) is 77.8 cm³/mol.